The number of rotatable bonds is 9. The Morgan fingerprint density at radius 1 is 1.25 bits per heavy atom. The molecule has 2 atom stereocenters. The molecule has 2 saturated heterocycles. The van der Waals surface area contributed by atoms with Gasteiger partial charge >= 0.3 is 6.03 Å². The van der Waals surface area contributed by atoms with E-state index in [0.717, 1.165) is 51.7 Å². The Balaban J connectivity index is 1.38. The molecule has 0 N–H and O–H groups in total. The molecular formula is C26H39N3O3. The molecule has 0 bridgehead atoms. The quantitative estimate of drug-likeness (QED) is 0.578. The third kappa shape index (κ3) is 4.96. The molecule has 176 valence electrons. The maximum absolute atomic E-state index is 13.4. The second kappa shape index (κ2) is 10.3. The fourth-order valence-corrected chi connectivity index (χ4v) is 5.98. The Hall–Kier alpha value is -2.05. The van der Waals surface area contributed by atoms with Crippen molar-refractivity contribution in [2.75, 3.05) is 39.6 Å². The summed E-state index contributed by atoms with van der Waals surface area (Å²) in [6.07, 6.45) is 7.39. The highest BCUT2D eigenvalue weighted by molar-refractivity contribution is 5.78. The van der Waals surface area contributed by atoms with Crippen molar-refractivity contribution in [1.29, 1.82) is 0 Å². The molecule has 1 aromatic carbocycles. The highest BCUT2D eigenvalue weighted by Gasteiger charge is 2.54. The van der Waals surface area contributed by atoms with E-state index in [0.29, 0.717) is 26.0 Å². The number of hydrogen-bond donors (Lipinski definition) is 0. The number of aryl methyl sites for hydroxylation is 1. The van der Waals surface area contributed by atoms with Gasteiger partial charge in [0.2, 0.25) is 0 Å². The van der Waals surface area contributed by atoms with E-state index in [9.17, 15) is 4.79 Å². The van der Waals surface area contributed by atoms with Crippen molar-refractivity contribution >= 4 is 6.03 Å². The maximum Gasteiger partial charge on any atom is 0.320 e. The summed E-state index contributed by atoms with van der Waals surface area (Å²) in [4.78, 5) is 20.0. The van der Waals surface area contributed by atoms with Crippen LogP contribution in [0.5, 0.6) is 0 Å². The van der Waals surface area contributed by atoms with Crippen molar-refractivity contribution in [3.63, 3.8) is 0 Å². The van der Waals surface area contributed by atoms with Crippen molar-refractivity contribution in [3.05, 3.63) is 48.7 Å². The molecule has 6 nitrogen and oxygen atoms in total. The third-order valence-electron chi connectivity index (χ3n) is 7.33. The van der Waals surface area contributed by atoms with Crippen LogP contribution in [0.1, 0.15) is 45.1 Å². The number of carbonyl (C=O) groups is 1. The summed E-state index contributed by atoms with van der Waals surface area (Å²) < 4.78 is 10.9. The van der Waals surface area contributed by atoms with E-state index in [1.54, 1.807) is 0 Å². The lowest BCUT2D eigenvalue weighted by atomic mass is 9.94. The van der Waals surface area contributed by atoms with Crippen LogP contribution < -0.4 is 0 Å². The van der Waals surface area contributed by atoms with Gasteiger partial charge in [-0.1, -0.05) is 36.9 Å². The SMILES string of the molecule is C=CN(CCCc1ccccc1)C1CCC2(C1)CN(CC1COCOC1)C(=O)N2C(C)C. The normalized spacial score (nSPS) is 26.5. The van der Waals surface area contributed by atoms with Crippen molar-refractivity contribution in [2.45, 2.75) is 63.6 Å². The lowest BCUT2D eigenvalue weighted by molar-refractivity contribution is -0.128. The molecule has 4 rings (SSSR count). The Morgan fingerprint density at radius 2 is 2.00 bits per heavy atom. The molecule has 1 aromatic rings. The van der Waals surface area contributed by atoms with Crippen LogP contribution in [0, 0.1) is 5.92 Å². The Bertz CT molecular complexity index is 765. The second-order valence-electron chi connectivity index (χ2n) is 9.98. The molecule has 3 fully saturated rings. The summed E-state index contributed by atoms with van der Waals surface area (Å²) in [7, 11) is 0. The Labute approximate surface area is 193 Å². The van der Waals surface area contributed by atoms with Crippen LogP contribution in [0.4, 0.5) is 4.79 Å². The second-order valence-corrected chi connectivity index (χ2v) is 9.98. The molecule has 0 aromatic heterocycles. The van der Waals surface area contributed by atoms with E-state index in [4.69, 9.17) is 9.47 Å². The van der Waals surface area contributed by atoms with Gasteiger partial charge in [-0.15, -0.1) is 0 Å². The van der Waals surface area contributed by atoms with Gasteiger partial charge in [-0.2, -0.15) is 0 Å². The van der Waals surface area contributed by atoms with E-state index in [-0.39, 0.29) is 23.5 Å². The van der Waals surface area contributed by atoms with E-state index >= 15 is 0 Å². The number of urea groups is 1. The first-order valence-electron chi connectivity index (χ1n) is 12.2. The average molecular weight is 442 g/mol. The van der Waals surface area contributed by atoms with Crippen LogP contribution in [0.15, 0.2) is 43.1 Å². The highest BCUT2D eigenvalue weighted by atomic mass is 16.7. The highest BCUT2D eigenvalue weighted by Crippen LogP contribution is 2.44. The molecule has 1 aliphatic carbocycles. The summed E-state index contributed by atoms with van der Waals surface area (Å²) in [5.74, 6) is 0.261. The van der Waals surface area contributed by atoms with E-state index < -0.39 is 0 Å². The number of amides is 2. The predicted octanol–water partition coefficient (Wildman–Crippen LogP) is 4.12. The van der Waals surface area contributed by atoms with Gasteiger partial charge in [0.1, 0.15) is 6.79 Å². The fourth-order valence-electron chi connectivity index (χ4n) is 5.98. The molecule has 3 aliphatic rings. The number of hydrogen-bond acceptors (Lipinski definition) is 4. The molecule has 6 heteroatoms. The molecule has 2 amide bonds. The fraction of sp³-hybridized carbons (Fsp3) is 0.654. The minimum absolute atomic E-state index is 0.0764. The van der Waals surface area contributed by atoms with Gasteiger partial charge in [-0.05, 0) is 57.7 Å². The van der Waals surface area contributed by atoms with Crippen molar-refractivity contribution in [1.82, 2.24) is 14.7 Å². The molecule has 2 aliphatic heterocycles. The molecule has 2 unspecified atom stereocenters. The van der Waals surface area contributed by atoms with Crippen LogP contribution in [-0.2, 0) is 15.9 Å². The average Bonchev–Trinajstić information content (AvgIpc) is 3.33. The Morgan fingerprint density at radius 3 is 2.69 bits per heavy atom. The largest absolute Gasteiger partial charge is 0.375 e. The molecule has 0 radical (unpaired) electrons. The van der Waals surface area contributed by atoms with Gasteiger partial charge in [0.25, 0.3) is 0 Å². The number of carbonyl (C=O) groups excluding carboxylic acids is 1. The smallest absolute Gasteiger partial charge is 0.320 e. The zero-order valence-corrected chi connectivity index (χ0v) is 19.7. The van der Waals surface area contributed by atoms with Gasteiger partial charge in [0.05, 0.1) is 18.8 Å². The summed E-state index contributed by atoms with van der Waals surface area (Å²) in [6.45, 7) is 12.7. The van der Waals surface area contributed by atoms with Crippen LogP contribution in [0.2, 0.25) is 0 Å². The molecule has 2 heterocycles. The first-order chi connectivity index (χ1) is 15.5. The van der Waals surface area contributed by atoms with Crippen LogP contribution in [0.3, 0.4) is 0 Å². The summed E-state index contributed by atoms with van der Waals surface area (Å²) in [6, 6.07) is 11.5. The van der Waals surface area contributed by atoms with Gasteiger partial charge in [-0.3, -0.25) is 0 Å². The van der Waals surface area contributed by atoms with Gasteiger partial charge in [0.15, 0.2) is 0 Å². The summed E-state index contributed by atoms with van der Waals surface area (Å²) in [5, 5.41) is 0. The van der Waals surface area contributed by atoms with E-state index in [2.05, 4.69) is 65.5 Å². The number of nitrogens with zero attached hydrogens (tertiary/aromatic N) is 3. The standard InChI is InChI=1S/C26H39N3O3/c1-4-27(14-8-11-22-9-6-5-7-10-22)24-12-13-26(15-24)19-28(25(30)29(26)21(2)3)16-23-17-31-20-32-18-23/h4-7,9-10,21,23-24H,1,8,11-20H2,2-3H3. The van der Waals surface area contributed by atoms with Crippen LogP contribution >= 0.6 is 0 Å². The monoisotopic (exact) mass is 441 g/mol. The van der Waals surface area contributed by atoms with Crippen molar-refractivity contribution < 1.29 is 14.3 Å². The van der Waals surface area contributed by atoms with Gasteiger partial charge < -0.3 is 24.2 Å². The minimum atomic E-state index is -0.0764. The predicted molar refractivity (Wildman–Crippen MR) is 126 cm³/mol. The van der Waals surface area contributed by atoms with Crippen molar-refractivity contribution in [3.8, 4) is 0 Å². The lowest BCUT2D eigenvalue weighted by Crippen LogP contribution is -2.50. The topological polar surface area (TPSA) is 45.3 Å². The third-order valence-corrected chi connectivity index (χ3v) is 7.33. The molecule has 1 spiro atoms. The summed E-state index contributed by atoms with van der Waals surface area (Å²) in [5.41, 5.74) is 1.31. The van der Waals surface area contributed by atoms with Gasteiger partial charge in [-0.25, -0.2) is 4.79 Å². The summed E-state index contributed by atoms with van der Waals surface area (Å²) >= 11 is 0. The molecule has 1 saturated carbocycles. The Kier molecular flexibility index (Phi) is 7.41. The minimum Gasteiger partial charge on any atom is -0.375 e. The van der Waals surface area contributed by atoms with Crippen LogP contribution in [-0.4, -0.2) is 78.0 Å². The number of ether oxygens (including phenoxy) is 2. The lowest BCUT2D eigenvalue weighted by Gasteiger charge is -2.37. The van der Waals surface area contributed by atoms with Crippen molar-refractivity contribution in [2.24, 2.45) is 5.92 Å². The molecule has 32 heavy (non-hydrogen) atoms. The van der Waals surface area contributed by atoms with Gasteiger partial charge in [0, 0.05) is 37.6 Å². The van der Waals surface area contributed by atoms with E-state index in [1.807, 2.05) is 6.20 Å². The van der Waals surface area contributed by atoms with Crippen LogP contribution in [0.25, 0.3) is 0 Å². The maximum atomic E-state index is 13.4. The zero-order chi connectivity index (χ0) is 22.6. The first kappa shape index (κ1) is 23.1. The zero-order valence-electron chi connectivity index (χ0n) is 19.7. The van der Waals surface area contributed by atoms with E-state index in [1.165, 1.54) is 5.56 Å². The molecular weight excluding hydrogens is 402 g/mol. The number of benzene rings is 1. The first-order valence-corrected chi connectivity index (χ1v) is 12.2.